The summed E-state index contributed by atoms with van der Waals surface area (Å²) in [6.45, 7) is 0.982. The Kier molecular flexibility index (Phi) is 4.83. The van der Waals surface area contributed by atoms with E-state index in [0.29, 0.717) is 11.1 Å². The fraction of sp³-hybridized carbons (Fsp3) is 0.167. The number of para-hydroxylation sites is 2. The molecule has 0 aliphatic carbocycles. The lowest BCUT2D eigenvalue weighted by molar-refractivity contribution is -0.153. The van der Waals surface area contributed by atoms with Gasteiger partial charge in [-0.25, -0.2) is 9.18 Å². The van der Waals surface area contributed by atoms with Crippen LogP contribution in [0.2, 0.25) is 0 Å². The summed E-state index contributed by atoms with van der Waals surface area (Å²) < 4.78 is 24.3. The number of benzene rings is 2. The molecule has 7 nitrogen and oxygen atoms in total. The van der Waals surface area contributed by atoms with E-state index in [2.05, 4.69) is 5.32 Å². The van der Waals surface area contributed by atoms with Gasteiger partial charge in [0.2, 0.25) is 0 Å². The van der Waals surface area contributed by atoms with E-state index in [1.165, 1.54) is 25.1 Å². The molecule has 26 heavy (non-hydrogen) atoms. The number of anilines is 1. The Hall–Kier alpha value is -3.42. The van der Waals surface area contributed by atoms with E-state index in [0.717, 1.165) is 10.6 Å². The van der Waals surface area contributed by atoms with Crippen LogP contribution < -0.4 is 11.1 Å². The Morgan fingerprint density at radius 3 is 2.77 bits per heavy atom. The summed E-state index contributed by atoms with van der Waals surface area (Å²) in [5.74, 6) is -2.59. The fourth-order valence-electron chi connectivity index (χ4n) is 2.39. The van der Waals surface area contributed by atoms with E-state index in [9.17, 15) is 18.8 Å². The molecule has 0 saturated carbocycles. The van der Waals surface area contributed by atoms with Crippen molar-refractivity contribution in [3.8, 4) is 0 Å². The van der Waals surface area contributed by atoms with Gasteiger partial charge in [-0.1, -0.05) is 18.2 Å². The molecule has 0 bridgehead atoms. The van der Waals surface area contributed by atoms with Crippen molar-refractivity contribution >= 4 is 28.7 Å². The molecule has 0 radical (unpaired) electrons. The van der Waals surface area contributed by atoms with Crippen molar-refractivity contribution in [3.63, 3.8) is 0 Å². The van der Waals surface area contributed by atoms with Gasteiger partial charge in [0, 0.05) is 5.69 Å². The number of ether oxygens (including phenoxy) is 1. The average molecular weight is 358 g/mol. The molecular weight excluding hydrogens is 343 g/mol. The number of hydrogen-bond donors (Lipinski definition) is 1. The zero-order valence-electron chi connectivity index (χ0n) is 13.8. The summed E-state index contributed by atoms with van der Waals surface area (Å²) in [5.41, 5.74) is 1.04. The Morgan fingerprint density at radius 1 is 1.23 bits per heavy atom. The quantitative estimate of drug-likeness (QED) is 0.707. The molecule has 1 aromatic heterocycles. The van der Waals surface area contributed by atoms with Crippen molar-refractivity contribution in [2.24, 2.45) is 0 Å². The number of rotatable bonds is 5. The molecule has 1 atom stereocenters. The molecule has 0 fully saturated rings. The Morgan fingerprint density at radius 2 is 2.00 bits per heavy atom. The predicted octanol–water partition coefficient (Wildman–Crippen LogP) is 2.30. The normalized spacial score (nSPS) is 11.9. The monoisotopic (exact) mass is 358 g/mol. The van der Waals surface area contributed by atoms with Crippen molar-refractivity contribution in [2.75, 3.05) is 5.32 Å². The van der Waals surface area contributed by atoms with Crippen molar-refractivity contribution in [3.05, 3.63) is 64.9 Å². The van der Waals surface area contributed by atoms with Gasteiger partial charge in [-0.15, -0.1) is 0 Å². The van der Waals surface area contributed by atoms with Crippen molar-refractivity contribution in [1.82, 2.24) is 4.57 Å². The maximum Gasteiger partial charge on any atom is 0.420 e. The predicted molar refractivity (Wildman–Crippen MR) is 91.1 cm³/mol. The van der Waals surface area contributed by atoms with E-state index in [1.807, 2.05) is 0 Å². The number of esters is 1. The first-order chi connectivity index (χ1) is 12.4. The largest absolute Gasteiger partial charge is 0.451 e. The molecule has 1 N–H and O–H groups in total. The summed E-state index contributed by atoms with van der Waals surface area (Å²) in [5, 5.41) is 2.44. The smallest absolute Gasteiger partial charge is 0.420 e. The highest BCUT2D eigenvalue weighted by atomic mass is 19.1. The molecule has 1 amide bonds. The first-order valence-electron chi connectivity index (χ1n) is 7.78. The molecule has 134 valence electrons. The third-order valence-electron chi connectivity index (χ3n) is 3.63. The van der Waals surface area contributed by atoms with Crippen LogP contribution in [0.5, 0.6) is 0 Å². The van der Waals surface area contributed by atoms with Crippen LogP contribution in [0.1, 0.15) is 6.92 Å². The number of oxazole rings is 1. The van der Waals surface area contributed by atoms with Gasteiger partial charge in [0.1, 0.15) is 12.4 Å². The van der Waals surface area contributed by atoms with Gasteiger partial charge in [0.25, 0.3) is 5.91 Å². The Labute approximate surface area is 147 Å². The van der Waals surface area contributed by atoms with Crippen LogP contribution in [0.4, 0.5) is 10.1 Å². The molecule has 0 spiro atoms. The number of halogens is 1. The molecule has 0 saturated heterocycles. The number of carbonyl (C=O) groups excluding carboxylic acids is 2. The van der Waals surface area contributed by atoms with Gasteiger partial charge in [0.05, 0.1) is 5.52 Å². The third kappa shape index (κ3) is 3.80. The van der Waals surface area contributed by atoms with Crippen molar-refractivity contribution in [1.29, 1.82) is 0 Å². The van der Waals surface area contributed by atoms with Gasteiger partial charge in [-0.2, -0.15) is 0 Å². The summed E-state index contributed by atoms with van der Waals surface area (Å²) in [4.78, 5) is 35.9. The van der Waals surface area contributed by atoms with Crippen LogP contribution in [-0.4, -0.2) is 22.5 Å². The minimum Gasteiger partial charge on any atom is -0.451 e. The topological polar surface area (TPSA) is 90.5 Å². The number of fused-ring (bicyclic) bond motifs is 1. The van der Waals surface area contributed by atoms with Gasteiger partial charge >= 0.3 is 11.7 Å². The maximum absolute atomic E-state index is 13.1. The number of carbonyl (C=O) groups is 2. The second-order valence-corrected chi connectivity index (χ2v) is 5.55. The highest BCUT2D eigenvalue weighted by molar-refractivity contribution is 5.95. The molecule has 2 aromatic carbocycles. The van der Waals surface area contributed by atoms with E-state index >= 15 is 0 Å². The standard InChI is InChI=1S/C18H15FN2O5/c1-11(17(23)20-13-6-4-5-12(19)9-13)25-16(22)10-21-14-7-2-3-8-15(14)26-18(21)24/h2-9,11H,10H2,1H3,(H,20,23). The Bertz CT molecular complexity index is 1020. The lowest BCUT2D eigenvalue weighted by Gasteiger charge is -2.13. The minimum absolute atomic E-state index is 0.245. The molecule has 0 aliphatic rings. The van der Waals surface area contributed by atoms with Crippen LogP contribution in [0.3, 0.4) is 0 Å². The highest BCUT2D eigenvalue weighted by Crippen LogP contribution is 2.13. The summed E-state index contributed by atoms with van der Waals surface area (Å²) in [6.07, 6.45) is -1.13. The minimum atomic E-state index is -1.13. The maximum atomic E-state index is 13.1. The molecule has 3 rings (SSSR count). The highest BCUT2D eigenvalue weighted by Gasteiger charge is 2.20. The van der Waals surface area contributed by atoms with Gasteiger partial charge in [-0.05, 0) is 37.3 Å². The average Bonchev–Trinajstić information content (AvgIpc) is 2.90. The molecular formula is C18H15FN2O5. The SMILES string of the molecule is CC(OC(=O)Cn1c(=O)oc2ccccc21)C(=O)Nc1cccc(F)c1. The molecule has 1 heterocycles. The van der Waals surface area contributed by atoms with Crippen molar-refractivity contribution in [2.45, 2.75) is 19.6 Å². The lowest BCUT2D eigenvalue weighted by Crippen LogP contribution is -2.32. The van der Waals surface area contributed by atoms with E-state index < -0.39 is 36.1 Å². The molecule has 3 aromatic rings. The zero-order valence-corrected chi connectivity index (χ0v) is 13.8. The van der Waals surface area contributed by atoms with E-state index in [1.54, 1.807) is 24.3 Å². The summed E-state index contributed by atoms with van der Waals surface area (Å²) >= 11 is 0. The van der Waals surface area contributed by atoms with E-state index in [-0.39, 0.29) is 5.69 Å². The lowest BCUT2D eigenvalue weighted by atomic mass is 10.3. The number of nitrogens with one attached hydrogen (secondary N) is 1. The van der Waals surface area contributed by atoms with Crippen LogP contribution in [-0.2, 0) is 20.9 Å². The van der Waals surface area contributed by atoms with Crippen LogP contribution in [0.15, 0.2) is 57.7 Å². The Balaban J connectivity index is 1.64. The second kappa shape index (κ2) is 7.22. The fourth-order valence-corrected chi connectivity index (χ4v) is 2.39. The van der Waals surface area contributed by atoms with Crippen LogP contribution in [0, 0.1) is 5.82 Å². The number of aromatic nitrogens is 1. The molecule has 0 aliphatic heterocycles. The van der Waals surface area contributed by atoms with Crippen LogP contribution in [0.25, 0.3) is 11.1 Å². The van der Waals surface area contributed by atoms with Gasteiger partial charge < -0.3 is 14.5 Å². The zero-order chi connectivity index (χ0) is 18.7. The number of nitrogens with zero attached hydrogens (tertiary/aromatic N) is 1. The van der Waals surface area contributed by atoms with Gasteiger partial charge in [-0.3, -0.25) is 14.2 Å². The first-order valence-corrected chi connectivity index (χ1v) is 7.78. The second-order valence-electron chi connectivity index (χ2n) is 5.55. The first kappa shape index (κ1) is 17.4. The molecule has 8 heteroatoms. The summed E-state index contributed by atoms with van der Waals surface area (Å²) in [6, 6.07) is 12.0. The number of amides is 1. The third-order valence-corrected chi connectivity index (χ3v) is 3.63. The number of hydrogen-bond acceptors (Lipinski definition) is 5. The van der Waals surface area contributed by atoms with E-state index in [4.69, 9.17) is 9.15 Å². The van der Waals surface area contributed by atoms with Gasteiger partial charge in [0.15, 0.2) is 11.7 Å². The summed E-state index contributed by atoms with van der Waals surface area (Å²) in [7, 11) is 0. The molecule has 1 unspecified atom stereocenters. The van der Waals surface area contributed by atoms with Crippen LogP contribution >= 0.6 is 0 Å². The van der Waals surface area contributed by atoms with Crippen molar-refractivity contribution < 1.29 is 23.1 Å².